The first-order valence-corrected chi connectivity index (χ1v) is 9.60. The van der Waals surface area contributed by atoms with Crippen LogP contribution in [-0.4, -0.2) is 21.1 Å². The Hall–Kier alpha value is -2.99. The third kappa shape index (κ3) is 3.80. The number of rotatable bonds is 5. The quantitative estimate of drug-likeness (QED) is 0.509. The van der Waals surface area contributed by atoms with Crippen molar-refractivity contribution in [2.24, 2.45) is 0 Å². The van der Waals surface area contributed by atoms with E-state index in [0.29, 0.717) is 16.9 Å². The SMILES string of the molecule is Cc1ccccc1C(CC(=O)Oc1ccccc1)N1C(O)c2ccccc2C1O. The fourth-order valence-corrected chi connectivity index (χ4v) is 3.93. The lowest BCUT2D eigenvalue weighted by atomic mass is 9.97. The predicted molar refractivity (Wildman–Crippen MR) is 109 cm³/mol. The number of ether oxygens (including phenoxy) is 1. The fourth-order valence-electron chi connectivity index (χ4n) is 3.93. The van der Waals surface area contributed by atoms with Crippen molar-refractivity contribution in [1.29, 1.82) is 0 Å². The summed E-state index contributed by atoms with van der Waals surface area (Å²) in [4.78, 5) is 14.3. The molecule has 0 aromatic heterocycles. The van der Waals surface area contributed by atoms with E-state index in [4.69, 9.17) is 4.74 Å². The Morgan fingerprint density at radius 2 is 1.45 bits per heavy atom. The molecule has 0 spiro atoms. The van der Waals surface area contributed by atoms with Gasteiger partial charge in [0.25, 0.3) is 0 Å². The molecule has 4 rings (SSSR count). The molecular weight excluding hydrogens is 366 g/mol. The van der Waals surface area contributed by atoms with E-state index in [1.54, 1.807) is 41.3 Å². The Bertz CT molecular complexity index is 976. The van der Waals surface area contributed by atoms with E-state index in [0.717, 1.165) is 11.1 Å². The van der Waals surface area contributed by atoms with Crippen LogP contribution in [-0.2, 0) is 4.79 Å². The summed E-state index contributed by atoms with van der Waals surface area (Å²) in [6.07, 6.45) is -2.05. The summed E-state index contributed by atoms with van der Waals surface area (Å²) in [6, 6.07) is 23.2. The minimum Gasteiger partial charge on any atom is -0.426 e. The van der Waals surface area contributed by atoms with Crippen LogP contribution in [0.1, 0.15) is 47.2 Å². The molecule has 0 fully saturated rings. The Morgan fingerprint density at radius 3 is 2.07 bits per heavy atom. The van der Waals surface area contributed by atoms with Gasteiger partial charge in [-0.15, -0.1) is 0 Å². The van der Waals surface area contributed by atoms with E-state index in [2.05, 4.69) is 0 Å². The lowest BCUT2D eigenvalue weighted by molar-refractivity contribution is -0.143. The number of aliphatic hydroxyl groups excluding tert-OH is 2. The number of benzene rings is 3. The molecule has 3 aromatic carbocycles. The third-order valence-corrected chi connectivity index (χ3v) is 5.36. The third-order valence-electron chi connectivity index (χ3n) is 5.36. The molecule has 148 valence electrons. The molecule has 3 unspecified atom stereocenters. The Kier molecular flexibility index (Phi) is 5.45. The zero-order valence-electron chi connectivity index (χ0n) is 16.1. The molecular formula is C24H23NO4. The molecule has 2 N–H and O–H groups in total. The van der Waals surface area contributed by atoms with E-state index < -0.39 is 24.5 Å². The molecule has 3 aromatic rings. The van der Waals surface area contributed by atoms with Crippen molar-refractivity contribution < 1.29 is 19.7 Å². The van der Waals surface area contributed by atoms with Crippen molar-refractivity contribution in [2.75, 3.05) is 0 Å². The first-order chi connectivity index (χ1) is 14.1. The van der Waals surface area contributed by atoms with E-state index >= 15 is 0 Å². The van der Waals surface area contributed by atoms with Crippen LogP contribution < -0.4 is 4.74 Å². The molecule has 0 amide bonds. The summed E-state index contributed by atoms with van der Waals surface area (Å²) >= 11 is 0. The van der Waals surface area contributed by atoms with Crippen LogP contribution >= 0.6 is 0 Å². The van der Waals surface area contributed by atoms with Crippen LogP contribution in [0.5, 0.6) is 5.75 Å². The number of fused-ring (bicyclic) bond motifs is 1. The number of nitrogens with zero attached hydrogens (tertiary/aromatic N) is 1. The monoisotopic (exact) mass is 389 g/mol. The highest BCUT2D eigenvalue weighted by Gasteiger charge is 2.42. The molecule has 29 heavy (non-hydrogen) atoms. The molecule has 1 aliphatic rings. The van der Waals surface area contributed by atoms with Crippen molar-refractivity contribution in [3.05, 3.63) is 101 Å². The van der Waals surface area contributed by atoms with Gasteiger partial charge in [-0.25, -0.2) is 4.90 Å². The highest BCUT2D eigenvalue weighted by molar-refractivity contribution is 5.73. The van der Waals surface area contributed by atoms with Gasteiger partial charge in [0.1, 0.15) is 18.2 Å². The van der Waals surface area contributed by atoms with E-state index in [1.807, 2.05) is 49.4 Å². The Labute approximate surface area is 169 Å². The molecule has 1 aliphatic heterocycles. The van der Waals surface area contributed by atoms with E-state index in [1.165, 1.54) is 0 Å². The molecule has 1 heterocycles. The molecule has 0 saturated heterocycles. The number of para-hydroxylation sites is 1. The van der Waals surface area contributed by atoms with Gasteiger partial charge in [-0.05, 0) is 30.2 Å². The molecule has 0 radical (unpaired) electrons. The number of hydrogen-bond donors (Lipinski definition) is 2. The zero-order chi connectivity index (χ0) is 20.4. The number of carbonyl (C=O) groups is 1. The zero-order valence-corrected chi connectivity index (χ0v) is 16.1. The minimum atomic E-state index is -1.02. The maximum Gasteiger partial charge on any atom is 0.313 e. The van der Waals surface area contributed by atoms with Gasteiger partial charge in [-0.1, -0.05) is 66.7 Å². The van der Waals surface area contributed by atoms with Crippen LogP contribution in [0.15, 0.2) is 78.9 Å². The lowest BCUT2D eigenvalue weighted by Crippen LogP contribution is -2.33. The Morgan fingerprint density at radius 1 is 0.897 bits per heavy atom. The van der Waals surface area contributed by atoms with Gasteiger partial charge in [0.2, 0.25) is 0 Å². The molecule has 0 bridgehead atoms. The van der Waals surface area contributed by atoms with Crippen LogP contribution in [0, 0.1) is 6.92 Å². The predicted octanol–water partition coefficient (Wildman–Crippen LogP) is 4.03. The number of hydrogen-bond acceptors (Lipinski definition) is 5. The first kappa shape index (κ1) is 19.3. The van der Waals surface area contributed by atoms with Gasteiger partial charge in [0.15, 0.2) is 0 Å². The number of aliphatic hydroxyl groups is 2. The largest absolute Gasteiger partial charge is 0.426 e. The molecule has 0 aliphatic carbocycles. The van der Waals surface area contributed by atoms with Crippen molar-refractivity contribution in [3.63, 3.8) is 0 Å². The van der Waals surface area contributed by atoms with Crippen LogP contribution in [0.25, 0.3) is 0 Å². The first-order valence-electron chi connectivity index (χ1n) is 9.60. The highest BCUT2D eigenvalue weighted by atomic mass is 16.5. The van der Waals surface area contributed by atoms with Crippen molar-refractivity contribution in [1.82, 2.24) is 4.90 Å². The number of aryl methyl sites for hydroxylation is 1. The summed E-state index contributed by atoms with van der Waals surface area (Å²) in [7, 11) is 0. The van der Waals surface area contributed by atoms with E-state index in [9.17, 15) is 15.0 Å². The normalized spacial score (nSPS) is 19.6. The topological polar surface area (TPSA) is 70.0 Å². The smallest absolute Gasteiger partial charge is 0.313 e. The lowest BCUT2D eigenvalue weighted by Gasteiger charge is -2.34. The van der Waals surface area contributed by atoms with E-state index in [-0.39, 0.29) is 6.42 Å². The van der Waals surface area contributed by atoms with Crippen LogP contribution in [0.4, 0.5) is 0 Å². The van der Waals surface area contributed by atoms with Crippen LogP contribution in [0.3, 0.4) is 0 Å². The second-order valence-electron chi connectivity index (χ2n) is 7.19. The number of esters is 1. The standard InChI is InChI=1S/C24H23NO4/c1-16-9-5-6-12-18(16)21(15-22(26)29-17-10-3-2-4-11-17)25-23(27)19-13-7-8-14-20(19)24(25)28/h2-14,21,23-24,27-28H,15H2,1H3. The number of carbonyl (C=O) groups excluding carboxylic acids is 1. The summed E-state index contributed by atoms with van der Waals surface area (Å²) in [5.41, 5.74) is 3.13. The van der Waals surface area contributed by atoms with Gasteiger partial charge in [0.05, 0.1) is 12.5 Å². The molecule has 5 heteroatoms. The van der Waals surface area contributed by atoms with Gasteiger partial charge >= 0.3 is 5.97 Å². The second-order valence-corrected chi connectivity index (χ2v) is 7.19. The van der Waals surface area contributed by atoms with Crippen molar-refractivity contribution >= 4 is 5.97 Å². The van der Waals surface area contributed by atoms with Crippen molar-refractivity contribution in [2.45, 2.75) is 31.8 Å². The van der Waals surface area contributed by atoms with Gasteiger partial charge in [-0.2, -0.15) is 0 Å². The van der Waals surface area contributed by atoms with Gasteiger partial charge < -0.3 is 14.9 Å². The highest BCUT2D eigenvalue weighted by Crippen LogP contribution is 2.46. The van der Waals surface area contributed by atoms with Gasteiger partial charge in [-0.3, -0.25) is 4.79 Å². The summed E-state index contributed by atoms with van der Waals surface area (Å²) in [5.74, 6) is 0.0339. The maximum absolute atomic E-state index is 12.7. The second kappa shape index (κ2) is 8.17. The summed E-state index contributed by atoms with van der Waals surface area (Å²) in [6.45, 7) is 1.95. The Balaban J connectivity index is 1.67. The molecule has 5 nitrogen and oxygen atoms in total. The average Bonchev–Trinajstić information content (AvgIpc) is 2.98. The summed E-state index contributed by atoms with van der Waals surface area (Å²) in [5, 5.41) is 21.9. The van der Waals surface area contributed by atoms with Crippen LogP contribution in [0.2, 0.25) is 0 Å². The molecule has 0 saturated carbocycles. The minimum absolute atomic E-state index is 0.0120. The fraction of sp³-hybridized carbons (Fsp3) is 0.208. The molecule has 3 atom stereocenters. The summed E-state index contributed by atoms with van der Waals surface area (Å²) < 4.78 is 5.48. The maximum atomic E-state index is 12.7. The van der Waals surface area contributed by atoms with Crippen molar-refractivity contribution in [3.8, 4) is 5.75 Å². The average molecular weight is 389 g/mol. The van der Waals surface area contributed by atoms with Gasteiger partial charge in [0, 0.05) is 11.1 Å².